The zero-order chi connectivity index (χ0) is 9.05. The van der Waals surface area contributed by atoms with Gasteiger partial charge < -0.3 is 4.90 Å². The lowest BCUT2D eigenvalue weighted by Crippen LogP contribution is -2.32. The maximum absolute atomic E-state index is 11.9. The molecule has 13 heavy (non-hydrogen) atoms. The van der Waals surface area contributed by atoms with Crippen LogP contribution in [0.5, 0.6) is 0 Å². The number of rotatable bonds is 1. The van der Waals surface area contributed by atoms with Gasteiger partial charge in [-0.15, -0.1) is 11.3 Å². The highest BCUT2D eigenvalue weighted by Gasteiger charge is 2.58. The zero-order valence-electron chi connectivity index (χ0n) is 7.54. The first-order valence-electron chi connectivity index (χ1n) is 4.69. The number of carbonyl (C=O) groups excluding carboxylic acids is 1. The molecule has 1 aliphatic heterocycles. The number of hydrogen-bond donors (Lipinski definition) is 0. The molecule has 0 N–H and O–H groups in total. The van der Waals surface area contributed by atoms with Crippen molar-refractivity contribution in [1.82, 2.24) is 4.90 Å². The highest BCUT2D eigenvalue weighted by atomic mass is 32.1. The Balaban J connectivity index is 2.18. The fourth-order valence-corrected chi connectivity index (χ4v) is 3.52. The number of fused-ring (bicyclic) bond motifs is 2. The van der Waals surface area contributed by atoms with Gasteiger partial charge in [-0.2, -0.15) is 0 Å². The number of amides is 1. The lowest BCUT2D eigenvalue weighted by atomic mass is 10.2. The van der Waals surface area contributed by atoms with Crippen LogP contribution in [-0.2, 0) is 5.54 Å². The van der Waals surface area contributed by atoms with Gasteiger partial charge in [0.1, 0.15) is 0 Å². The Bertz CT molecular complexity index is 378. The van der Waals surface area contributed by atoms with Crippen LogP contribution in [0.3, 0.4) is 0 Å². The molecule has 0 aromatic carbocycles. The molecule has 1 fully saturated rings. The lowest BCUT2D eigenvalue weighted by Gasteiger charge is -2.22. The molecule has 2 heterocycles. The van der Waals surface area contributed by atoms with Crippen molar-refractivity contribution < 1.29 is 4.79 Å². The topological polar surface area (TPSA) is 20.3 Å². The van der Waals surface area contributed by atoms with E-state index in [1.165, 1.54) is 17.7 Å². The molecule has 0 unspecified atom stereocenters. The molecule has 1 spiro atoms. The Kier molecular flexibility index (Phi) is 1.25. The van der Waals surface area contributed by atoms with Gasteiger partial charge in [-0.25, -0.2) is 0 Å². The van der Waals surface area contributed by atoms with Crippen LogP contribution < -0.4 is 0 Å². The van der Waals surface area contributed by atoms with Gasteiger partial charge in [-0.3, -0.25) is 4.79 Å². The number of hydrogen-bond acceptors (Lipinski definition) is 2. The van der Waals surface area contributed by atoms with Crippen molar-refractivity contribution in [3.8, 4) is 0 Å². The average Bonchev–Trinajstić information content (AvgIpc) is 2.71. The highest BCUT2D eigenvalue weighted by Crippen LogP contribution is 2.57. The molecule has 1 saturated carbocycles. The molecule has 2 nitrogen and oxygen atoms in total. The van der Waals surface area contributed by atoms with E-state index in [9.17, 15) is 4.79 Å². The van der Waals surface area contributed by atoms with Crippen LogP contribution in [0.15, 0.2) is 11.4 Å². The van der Waals surface area contributed by atoms with E-state index < -0.39 is 0 Å². The van der Waals surface area contributed by atoms with Crippen molar-refractivity contribution in [3.05, 3.63) is 21.9 Å². The molecular weight excluding hydrogens is 182 g/mol. The molecule has 1 aromatic rings. The van der Waals surface area contributed by atoms with E-state index in [1.807, 2.05) is 16.3 Å². The van der Waals surface area contributed by atoms with E-state index >= 15 is 0 Å². The largest absolute Gasteiger partial charge is 0.328 e. The predicted molar refractivity (Wildman–Crippen MR) is 51.9 cm³/mol. The fraction of sp³-hybridized carbons (Fsp3) is 0.500. The summed E-state index contributed by atoms with van der Waals surface area (Å²) in [4.78, 5) is 15.2. The van der Waals surface area contributed by atoms with E-state index in [1.54, 1.807) is 11.3 Å². The average molecular weight is 193 g/mol. The van der Waals surface area contributed by atoms with Crippen molar-refractivity contribution >= 4 is 17.2 Å². The standard InChI is InChI=1S/C10H11NOS/c1-2-11-9(12)7-3-6-13-8(7)10(11)4-5-10/h3,6H,2,4-5H2,1H3. The van der Waals surface area contributed by atoms with E-state index in [4.69, 9.17) is 0 Å². The minimum absolute atomic E-state index is 0.148. The van der Waals surface area contributed by atoms with Crippen LogP contribution in [0.4, 0.5) is 0 Å². The molecular formula is C10H11NOS. The van der Waals surface area contributed by atoms with Crippen LogP contribution >= 0.6 is 11.3 Å². The summed E-state index contributed by atoms with van der Waals surface area (Å²) in [6.45, 7) is 2.91. The van der Waals surface area contributed by atoms with Crippen LogP contribution in [0, 0.1) is 0 Å². The Hall–Kier alpha value is -0.830. The summed E-state index contributed by atoms with van der Waals surface area (Å²) in [6.07, 6.45) is 2.33. The minimum Gasteiger partial charge on any atom is -0.328 e. The van der Waals surface area contributed by atoms with Crippen LogP contribution in [0.25, 0.3) is 0 Å². The second-order valence-corrected chi connectivity index (χ2v) is 4.66. The third kappa shape index (κ3) is 0.718. The maximum atomic E-state index is 11.9. The quantitative estimate of drug-likeness (QED) is 0.669. The smallest absolute Gasteiger partial charge is 0.255 e. The maximum Gasteiger partial charge on any atom is 0.255 e. The third-order valence-electron chi connectivity index (χ3n) is 3.12. The molecule has 1 aromatic heterocycles. The van der Waals surface area contributed by atoms with Gasteiger partial charge in [-0.05, 0) is 31.2 Å². The lowest BCUT2D eigenvalue weighted by molar-refractivity contribution is 0.0714. The monoisotopic (exact) mass is 193 g/mol. The Morgan fingerprint density at radius 1 is 1.62 bits per heavy atom. The van der Waals surface area contributed by atoms with Gasteiger partial charge in [0.15, 0.2) is 0 Å². The van der Waals surface area contributed by atoms with Crippen molar-refractivity contribution in [2.24, 2.45) is 0 Å². The number of nitrogens with zero attached hydrogens (tertiary/aromatic N) is 1. The van der Waals surface area contributed by atoms with Crippen LogP contribution in [-0.4, -0.2) is 17.4 Å². The Morgan fingerprint density at radius 3 is 3.00 bits per heavy atom. The van der Waals surface area contributed by atoms with Crippen molar-refractivity contribution in [2.45, 2.75) is 25.3 Å². The van der Waals surface area contributed by atoms with E-state index in [2.05, 4.69) is 6.92 Å². The van der Waals surface area contributed by atoms with E-state index in [-0.39, 0.29) is 11.4 Å². The molecule has 1 aliphatic carbocycles. The van der Waals surface area contributed by atoms with E-state index in [0.717, 1.165) is 12.1 Å². The summed E-state index contributed by atoms with van der Waals surface area (Å²) < 4.78 is 0. The summed E-state index contributed by atoms with van der Waals surface area (Å²) in [7, 11) is 0. The van der Waals surface area contributed by atoms with Gasteiger partial charge in [-0.1, -0.05) is 0 Å². The van der Waals surface area contributed by atoms with Gasteiger partial charge in [0.2, 0.25) is 0 Å². The van der Waals surface area contributed by atoms with Gasteiger partial charge in [0.05, 0.1) is 11.1 Å². The highest BCUT2D eigenvalue weighted by molar-refractivity contribution is 7.10. The van der Waals surface area contributed by atoms with Gasteiger partial charge in [0, 0.05) is 11.4 Å². The third-order valence-corrected chi connectivity index (χ3v) is 4.23. The molecule has 1 amide bonds. The predicted octanol–water partition coefficient (Wildman–Crippen LogP) is 2.21. The molecule has 3 rings (SSSR count). The Labute approximate surface area is 81.2 Å². The summed E-state index contributed by atoms with van der Waals surface area (Å²) in [5.41, 5.74) is 1.11. The summed E-state index contributed by atoms with van der Waals surface area (Å²) in [5, 5.41) is 2.04. The summed E-state index contributed by atoms with van der Waals surface area (Å²) >= 11 is 1.74. The zero-order valence-corrected chi connectivity index (χ0v) is 8.36. The summed E-state index contributed by atoms with van der Waals surface area (Å²) in [5.74, 6) is 0.247. The molecule has 0 saturated heterocycles. The molecule has 0 bridgehead atoms. The van der Waals surface area contributed by atoms with Crippen LogP contribution in [0.1, 0.15) is 35.0 Å². The molecule has 0 atom stereocenters. The van der Waals surface area contributed by atoms with Crippen LogP contribution in [0.2, 0.25) is 0 Å². The minimum atomic E-state index is 0.148. The molecule has 0 radical (unpaired) electrons. The Morgan fingerprint density at radius 2 is 2.38 bits per heavy atom. The normalized spacial score (nSPS) is 22.5. The molecule has 3 heteroatoms. The second kappa shape index (κ2) is 2.15. The van der Waals surface area contributed by atoms with E-state index in [0.29, 0.717) is 0 Å². The van der Waals surface area contributed by atoms with Crippen molar-refractivity contribution in [2.75, 3.05) is 6.54 Å². The van der Waals surface area contributed by atoms with Crippen molar-refractivity contribution in [1.29, 1.82) is 0 Å². The number of thiophene rings is 1. The van der Waals surface area contributed by atoms with Gasteiger partial charge in [0.25, 0.3) is 5.91 Å². The molecule has 68 valence electrons. The molecule has 2 aliphatic rings. The first-order chi connectivity index (χ1) is 6.29. The first kappa shape index (κ1) is 7.56. The number of carbonyl (C=O) groups is 1. The SMILES string of the molecule is CCN1C(=O)c2ccsc2C12CC2. The van der Waals surface area contributed by atoms with Crippen molar-refractivity contribution in [3.63, 3.8) is 0 Å². The second-order valence-electron chi connectivity index (χ2n) is 3.74. The summed E-state index contributed by atoms with van der Waals surface area (Å²) in [6, 6.07) is 1.97. The first-order valence-corrected chi connectivity index (χ1v) is 5.57. The van der Waals surface area contributed by atoms with Gasteiger partial charge >= 0.3 is 0 Å². The fourth-order valence-electron chi connectivity index (χ4n) is 2.36.